The van der Waals surface area contributed by atoms with Crippen LogP contribution in [0.5, 0.6) is 0 Å². The fourth-order valence-electron chi connectivity index (χ4n) is 0.906. The van der Waals surface area contributed by atoms with E-state index < -0.39 is 0 Å². The Labute approximate surface area is 83.9 Å². The van der Waals surface area contributed by atoms with E-state index in [0.717, 1.165) is 12.1 Å². The second kappa shape index (κ2) is 6.03. The monoisotopic (exact) mass is 231 g/mol. The number of halogens is 1. The molecule has 0 spiro atoms. The zero-order valence-corrected chi connectivity index (χ0v) is 8.91. The third kappa shape index (κ3) is 3.24. The molecule has 0 bridgehead atoms. The number of allylic oxidation sites excluding steroid dienone is 3. The number of hydrogen-bond donors (Lipinski definition) is 0. The summed E-state index contributed by atoms with van der Waals surface area (Å²) in [7, 11) is 0. The standard InChI is InChI=1S/C9H13NO.BrH/c1-3-9-5-7-10(8-6-9)11-4-2;/h3,5-7H,1,4,8H2,2H3;1H. The van der Waals surface area contributed by atoms with Gasteiger partial charge in [0.25, 0.3) is 0 Å². The molecule has 0 saturated carbocycles. The summed E-state index contributed by atoms with van der Waals surface area (Å²) in [6, 6.07) is 0. The lowest BCUT2D eigenvalue weighted by Gasteiger charge is -2.19. The average molecular weight is 232 g/mol. The highest BCUT2D eigenvalue weighted by molar-refractivity contribution is 8.93. The quantitative estimate of drug-likeness (QED) is 0.741. The lowest BCUT2D eigenvalue weighted by Crippen LogP contribution is -2.19. The SMILES string of the molecule is Br.C=CC1=CCN(OCC)C=C1. The Morgan fingerprint density at radius 3 is 2.92 bits per heavy atom. The highest BCUT2D eigenvalue weighted by atomic mass is 79.9. The van der Waals surface area contributed by atoms with Crippen LogP contribution in [0.3, 0.4) is 0 Å². The Bertz CT molecular complexity index is 199. The van der Waals surface area contributed by atoms with Gasteiger partial charge >= 0.3 is 0 Å². The summed E-state index contributed by atoms with van der Waals surface area (Å²) in [6.45, 7) is 7.17. The first-order valence-electron chi connectivity index (χ1n) is 3.77. The van der Waals surface area contributed by atoms with Crippen LogP contribution in [-0.4, -0.2) is 18.2 Å². The minimum absolute atomic E-state index is 0. The first-order valence-corrected chi connectivity index (χ1v) is 3.77. The molecule has 3 heteroatoms. The molecule has 0 radical (unpaired) electrons. The summed E-state index contributed by atoms with van der Waals surface area (Å²) in [5.41, 5.74) is 1.15. The van der Waals surface area contributed by atoms with Crippen LogP contribution in [0.15, 0.2) is 36.6 Å². The molecular formula is C9H14BrNO. The summed E-state index contributed by atoms with van der Waals surface area (Å²) in [6.07, 6.45) is 7.80. The molecule has 68 valence electrons. The second-order valence-electron chi connectivity index (χ2n) is 2.24. The van der Waals surface area contributed by atoms with Gasteiger partial charge in [-0.1, -0.05) is 18.7 Å². The predicted octanol–water partition coefficient (Wildman–Crippen LogP) is 2.46. The molecule has 1 aliphatic rings. The minimum Gasteiger partial charge on any atom is -0.274 e. The van der Waals surface area contributed by atoms with Gasteiger partial charge in [0.1, 0.15) is 0 Å². The van der Waals surface area contributed by atoms with Crippen LogP contribution in [0.25, 0.3) is 0 Å². The normalized spacial score (nSPS) is 15.1. The number of hydroxylamine groups is 2. The van der Waals surface area contributed by atoms with E-state index >= 15 is 0 Å². The topological polar surface area (TPSA) is 12.5 Å². The Kier molecular flexibility index (Phi) is 5.76. The lowest BCUT2D eigenvalue weighted by molar-refractivity contribution is -0.107. The smallest absolute Gasteiger partial charge is 0.0720 e. The molecule has 0 unspecified atom stereocenters. The number of rotatable bonds is 3. The van der Waals surface area contributed by atoms with Gasteiger partial charge in [0, 0.05) is 6.20 Å². The summed E-state index contributed by atoms with van der Waals surface area (Å²) < 4.78 is 0. The van der Waals surface area contributed by atoms with Crippen LogP contribution in [0.2, 0.25) is 0 Å². The third-order valence-electron chi connectivity index (χ3n) is 1.47. The molecule has 0 saturated heterocycles. The number of hydrogen-bond acceptors (Lipinski definition) is 2. The van der Waals surface area contributed by atoms with Crippen molar-refractivity contribution in [3.8, 4) is 0 Å². The first-order chi connectivity index (χ1) is 5.36. The Balaban J connectivity index is 0.00000121. The maximum Gasteiger partial charge on any atom is 0.0720 e. The average Bonchev–Trinajstić information content (AvgIpc) is 2.07. The summed E-state index contributed by atoms with van der Waals surface area (Å²) >= 11 is 0. The van der Waals surface area contributed by atoms with Crippen LogP contribution >= 0.6 is 17.0 Å². The van der Waals surface area contributed by atoms with Crippen molar-refractivity contribution >= 4 is 17.0 Å². The van der Waals surface area contributed by atoms with Crippen molar-refractivity contribution in [3.05, 3.63) is 36.6 Å². The van der Waals surface area contributed by atoms with E-state index in [4.69, 9.17) is 4.84 Å². The Morgan fingerprint density at radius 2 is 2.50 bits per heavy atom. The Morgan fingerprint density at radius 1 is 1.75 bits per heavy atom. The molecule has 1 heterocycles. The molecule has 12 heavy (non-hydrogen) atoms. The van der Waals surface area contributed by atoms with Crippen molar-refractivity contribution in [2.24, 2.45) is 0 Å². The predicted molar refractivity (Wildman–Crippen MR) is 56.1 cm³/mol. The summed E-state index contributed by atoms with van der Waals surface area (Å²) in [5.74, 6) is 0. The van der Waals surface area contributed by atoms with Gasteiger partial charge in [0.15, 0.2) is 0 Å². The maximum atomic E-state index is 5.24. The van der Waals surface area contributed by atoms with E-state index in [1.807, 2.05) is 25.3 Å². The molecule has 0 fully saturated rings. The van der Waals surface area contributed by atoms with Crippen molar-refractivity contribution in [2.45, 2.75) is 6.92 Å². The molecule has 0 aromatic rings. The zero-order chi connectivity index (χ0) is 8.10. The van der Waals surface area contributed by atoms with E-state index in [1.165, 1.54) is 0 Å². The van der Waals surface area contributed by atoms with Gasteiger partial charge in [-0.2, -0.15) is 0 Å². The lowest BCUT2D eigenvalue weighted by atomic mass is 10.2. The maximum absolute atomic E-state index is 5.24. The van der Waals surface area contributed by atoms with Crippen LogP contribution in [0.4, 0.5) is 0 Å². The van der Waals surface area contributed by atoms with Crippen LogP contribution in [0, 0.1) is 0 Å². The van der Waals surface area contributed by atoms with Gasteiger partial charge in [0.2, 0.25) is 0 Å². The van der Waals surface area contributed by atoms with E-state index in [-0.39, 0.29) is 17.0 Å². The molecular weight excluding hydrogens is 218 g/mol. The zero-order valence-electron chi connectivity index (χ0n) is 7.19. The van der Waals surface area contributed by atoms with Crippen molar-refractivity contribution in [3.63, 3.8) is 0 Å². The molecule has 2 nitrogen and oxygen atoms in total. The summed E-state index contributed by atoms with van der Waals surface area (Å²) in [4.78, 5) is 5.24. The third-order valence-corrected chi connectivity index (χ3v) is 1.47. The molecule has 0 amide bonds. The summed E-state index contributed by atoms with van der Waals surface area (Å²) in [5, 5.41) is 1.80. The van der Waals surface area contributed by atoms with Crippen molar-refractivity contribution in [1.29, 1.82) is 0 Å². The molecule has 0 aromatic heterocycles. The fourth-order valence-corrected chi connectivity index (χ4v) is 0.906. The van der Waals surface area contributed by atoms with E-state index in [0.29, 0.717) is 6.61 Å². The molecule has 0 aromatic carbocycles. The first kappa shape index (κ1) is 11.5. The molecule has 1 rings (SSSR count). The van der Waals surface area contributed by atoms with Crippen molar-refractivity contribution in [2.75, 3.05) is 13.2 Å². The number of nitrogens with zero attached hydrogens (tertiary/aromatic N) is 1. The Hall–Kier alpha value is -0.540. The van der Waals surface area contributed by atoms with Gasteiger partial charge < -0.3 is 0 Å². The highest BCUT2D eigenvalue weighted by Crippen LogP contribution is 2.07. The van der Waals surface area contributed by atoms with Gasteiger partial charge in [-0.25, -0.2) is 0 Å². The van der Waals surface area contributed by atoms with Crippen molar-refractivity contribution < 1.29 is 4.84 Å². The fraction of sp³-hybridized carbons (Fsp3) is 0.333. The van der Waals surface area contributed by atoms with Gasteiger partial charge in [-0.05, 0) is 18.6 Å². The minimum atomic E-state index is 0. The van der Waals surface area contributed by atoms with Crippen LogP contribution in [0.1, 0.15) is 6.92 Å². The van der Waals surface area contributed by atoms with Gasteiger partial charge in [0.05, 0.1) is 13.2 Å². The molecule has 0 atom stereocenters. The van der Waals surface area contributed by atoms with E-state index in [1.54, 1.807) is 5.06 Å². The van der Waals surface area contributed by atoms with E-state index in [2.05, 4.69) is 12.7 Å². The molecule has 1 aliphatic heterocycles. The van der Waals surface area contributed by atoms with E-state index in [9.17, 15) is 0 Å². The largest absolute Gasteiger partial charge is 0.274 e. The van der Waals surface area contributed by atoms with Gasteiger partial charge in [-0.3, -0.25) is 9.90 Å². The molecule has 0 aliphatic carbocycles. The molecule has 0 N–H and O–H groups in total. The van der Waals surface area contributed by atoms with Crippen LogP contribution < -0.4 is 0 Å². The second-order valence-corrected chi connectivity index (χ2v) is 2.24. The van der Waals surface area contributed by atoms with Gasteiger partial charge in [-0.15, -0.1) is 17.0 Å². The highest BCUT2D eigenvalue weighted by Gasteiger charge is 2.00. The van der Waals surface area contributed by atoms with Crippen molar-refractivity contribution in [1.82, 2.24) is 5.06 Å². The van der Waals surface area contributed by atoms with Crippen LogP contribution in [-0.2, 0) is 4.84 Å².